The van der Waals surface area contributed by atoms with Crippen molar-refractivity contribution in [1.82, 2.24) is 10.2 Å². The van der Waals surface area contributed by atoms with Gasteiger partial charge in [-0.25, -0.2) is 0 Å². The second-order valence-electron chi connectivity index (χ2n) is 3.82. The average molecular weight is 212 g/mol. The summed E-state index contributed by atoms with van der Waals surface area (Å²) in [6, 6.07) is 0. The number of hydrogen-bond acceptors (Lipinski definition) is 3. The van der Waals surface area contributed by atoms with E-state index in [1.165, 1.54) is 0 Å². The van der Waals surface area contributed by atoms with Crippen LogP contribution in [0, 0.1) is 0 Å². The molecule has 1 N–H and O–H groups in total. The first-order valence-corrected chi connectivity index (χ1v) is 5.41. The van der Waals surface area contributed by atoms with Gasteiger partial charge in [0.15, 0.2) is 0 Å². The van der Waals surface area contributed by atoms with Gasteiger partial charge in [-0.1, -0.05) is 6.08 Å². The van der Waals surface area contributed by atoms with Gasteiger partial charge in [0.05, 0.1) is 6.10 Å². The fourth-order valence-corrected chi connectivity index (χ4v) is 1.56. The van der Waals surface area contributed by atoms with E-state index in [0.717, 1.165) is 25.9 Å². The zero-order valence-electron chi connectivity index (χ0n) is 9.37. The molecule has 0 saturated carbocycles. The van der Waals surface area contributed by atoms with Crippen molar-refractivity contribution in [2.45, 2.75) is 18.9 Å². The highest BCUT2D eigenvalue weighted by Crippen LogP contribution is 2.06. The van der Waals surface area contributed by atoms with Crippen molar-refractivity contribution in [3.8, 4) is 0 Å². The van der Waals surface area contributed by atoms with Crippen molar-refractivity contribution in [2.75, 3.05) is 33.3 Å². The number of nitrogens with zero attached hydrogens (tertiary/aromatic N) is 1. The van der Waals surface area contributed by atoms with Crippen LogP contribution < -0.4 is 5.32 Å². The first-order valence-electron chi connectivity index (χ1n) is 5.41. The summed E-state index contributed by atoms with van der Waals surface area (Å²) >= 11 is 0. The predicted molar refractivity (Wildman–Crippen MR) is 59.7 cm³/mol. The number of hydrogen-bond donors (Lipinski definition) is 1. The number of likely N-dealkylation sites (N-methyl/N-ethyl adjacent to an activating group) is 1. The highest BCUT2D eigenvalue weighted by molar-refractivity contribution is 5.77. The molecule has 1 aliphatic rings. The number of rotatable bonds is 5. The zero-order valence-corrected chi connectivity index (χ0v) is 9.37. The quantitative estimate of drug-likeness (QED) is 0.671. The van der Waals surface area contributed by atoms with Crippen LogP contribution in [-0.2, 0) is 9.53 Å². The molecule has 15 heavy (non-hydrogen) atoms. The van der Waals surface area contributed by atoms with E-state index in [4.69, 9.17) is 4.74 Å². The molecule has 0 radical (unpaired) electrons. The summed E-state index contributed by atoms with van der Waals surface area (Å²) in [4.78, 5) is 13.1. The molecule has 4 heteroatoms. The van der Waals surface area contributed by atoms with E-state index in [1.807, 2.05) is 0 Å². The number of ether oxygens (including phenoxy) is 1. The summed E-state index contributed by atoms with van der Waals surface area (Å²) in [5, 5.41) is 3.26. The number of carbonyl (C=O) groups excluding carboxylic acids is 1. The summed E-state index contributed by atoms with van der Waals surface area (Å²) in [7, 11) is 1.76. The second-order valence-corrected chi connectivity index (χ2v) is 3.82. The Morgan fingerprint density at radius 3 is 2.87 bits per heavy atom. The Hall–Kier alpha value is -0.870. The summed E-state index contributed by atoms with van der Waals surface area (Å²) in [6.07, 6.45) is 3.95. The van der Waals surface area contributed by atoms with Gasteiger partial charge in [-0.2, -0.15) is 0 Å². The first-order chi connectivity index (χ1) is 7.24. The van der Waals surface area contributed by atoms with Crippen molar-refractivity contribution < 1.29 is 9.53 Å². The van der Waals surface area contributed by atoms with Gasteiger partial charge in [-0.15, -0.1) is 6.58 Å². The molecule has 0 bridgehead atoms. The molecule has 0 aromatic rings. The SMILES string of the molecule is C=CCN(C)C(=O)COC1CCNCC1. The Bertz CT molecular complexity index is 213. The second kappa shape index (κ2) is 6.58. The van der Waals surface area contributed by atoms with Crippen molar-refractivity contribution in [2.24, 2.45) is 0 Å². The lowest BCUT2D eigenvalue weighted by atomic mass is 10.1. The first kappa shape index (κ1) is 12.2. The van der Waals surface area contributed by atoms with E-state index in [2.05, 4.69) is 11.9 Å². The van der Waals surface area contributed by atoms with Crippen LogP contribution in [0.4, 0.5) is 0 Å². The molecule has 0 unspecified atom stereocenters. The lowest BCUT2D eigenvalue weighted by Crippen LogP contribution is -2.36. The third-order valence-electron chi connectivity index (χ3n) is 2.56. The predicted octanol–water partition coefficient (Wildman–Crippen LogP) is 0.399. The molecule has 4 nitrogen and oxygen atoms in total. The minimum Gasteiger partial charge on any atom is -0.368 e. The molecule has 86 valence electrons. The molecule has 0 spiro atoms. The van der Waals surface area contributed by atoms with Gasteiger partial charge in [0.2, 0.25) is 5.91 Å². The Kier molecular flexibility index (Phi) is 5.36. The summed E-state index contributed by atoms with van der Waals surface area (Å²) < 4.78 is 5.55. The van der Waals surface area contributed by atoms with Gasteiger partial charge in [-0.05, 0) is 25.9 Å². The summed E-state index contributed by atoms with van der Waals surface area (Å²) in [6.45, 7) is 6.33. The van der Waals surface area contributed by atoms with Crippen molar-refractivity contribution >= 4 is 5.91 Å². The Morgan fingerprint density at radius 2 is 2.27 bits per heavy atom. The van der Waals surface area contributed by atoms with Crippen molar-refractivity contribution in [3.05, 3.63) is 12.7 Å². The van der Waals surface area contributed by atoms with Gasteiger partial charge >= 0.3 is 0 Å². The normalized spacial score (nSPS) is 17.4. The molecule has 0 aromatic heterocycles. The van der Waals surface area contributed by atoms with Crippen LogP contribution in [-0.4, -0.2) is 50.2 Å². The summed E-state index contributed by atoms with van der Waals surface area (Å²) in [5.41, 5.74) is 0. The molecule has 1 saturated heterocycles. The van der Waals surface area contributed by atoms with Crippen molar-refractivity contribution in [3.63, 3.8) is 0 Å². The fraction of sp³-hybridized carbons (Fsp3) is 0.727. The summed E-state index contributed by atoms with van der Waals surface area (Å²) in [5.74, 6) is 0.0217. The molecule has 0 atom stereocenters. The number of piperidine rings is 1. The van der Waals surface area contributed by atoms with E-state index < -0.39 is 0 Å². The van der Waals surface area contributed by atoms with Crippen LogP contribution in [0.5, 0.6) is 0 Å². The average Bonchev–Trinajstić information content (AvgIpc) is 2.27. The van der Waals surface area contributed by atoms with Gasteiger partial charge in [0.1, 0.15) is 6.61 Å². The lowest BCUT2D eigenvalue weighted by Gasteiger charge is -2.23. The molecule has 1 rings (SSSR count). The van der Waals surface area contributed by atoms with Gasteiger partial charge in [-0.3, -0.25) is 4.79 Å². The van der Waals surface area contributed by atoms with E-state index in [-0.39, 0.29) is 18.6 Å². The fourth-order valence-electron chi connectivity index (χ4n) is 1.56. The molecular weight excluding hydrogens is 192 g/mol. The maximum absolute atomic E-state index is 11.5. The van der Waals surface area contributed by atoms with Gasteiger partial charge in [0, 0.05) is 13.6 Å². The monoisotopic (exact) mass is 212 g/mol. The Morgan fingerprint density at radius 1 is 1.60 bits per heavy atom. The van der Waals surface area contributed by atoms with E-state index >= 15 is 0 Å². The van der Waals surface area contributed by atoms with Gasteiger partial charge in [0.25, 0.3) is 0 Å². The number of amides is 1. The van der Waals surface area contributed by atoms with Gasteiger partial charge < -0.3 is 15.0 Å². The third kappa shape index (κ3) is 4.44. The highest BCUT2D eigenvalue weighted by atomic mass is 16.5. The molecule has 0 aliphatic carbocycles. The molecule has 1 aliphatic heterocycles. The van der Waals surface area contributed by atoms with Crippen molar-refractivity contribution in [1.29, 1.82) is 0 Å². The van der Waals surface area contributed by atoms with Crippen LogP contribution in [0.2, 0.25) is 0 Å². The number of nitrogens with one attached hydrogen (secondary N) is 1. The zero-order chi connectivity index (χ0) is 11.1. The maximum atomic E-state index is 11.5. The highest BCUT2D eigenvalue weighted by Gasteiger charge is 2.15. The molecule has 1 heterocycles. The van der Waals surface area contributed by atoms with Crippen LogP contribution >= 0.6 is 0 Å². The van der Waals surface area contributed by atoms with E-state index in [9.17, 15) is 4.79 Å². The minimum atomic E-state index is 0.0217. The van der Waals surface area contributed by atoms with Crippen LogP contribution in [0.3, 0.4) is 0 Å². The van der Waals surface area contributed by atoms with E-state index in [0.29, 0.717) is 6.54 Å². The molecule has 0 aromatic carbocycles. The topological polar surface area (TPSA) is 41.6 Å². The molecule has 1 fully saturated rings. The smallest absolute Gasteiger partial charge is 0.248 e. The third-order valence-corrected chi connectivity index (χ3v) is 2.56. The Balaban J connectivity index is 2.17. The number of carbonyl (C=O) groups is 1. The van der Waals surface area contributed by atoms with E-state index in [1.54, 1.807) is 18.0 Å². The maximum Gasteiger partial charge on any atom is 0.248 e. The molecular formula is C11H20N2O2. The largest absolute Gasteiger partial charge is 0.368 e. The van der Waals surface area contributed by atoms with Crippen LogP contribution in [0.15, 0.2) is 12.7 Å². The molecule has 1 amide bonds. The minimum absolute atomic E-state index is 0.0217. The lowest BCUT2D eigenvalue weighted by molar-refractivity contribution is -0.136. The van der Waals surface area contributed by atoms with Crippen LogP contribution in [0.25, 0.3) is 0 Å². The Labute approximate surface area is 91.3 Å². The standard InChI is InChI=1S/C11H20N2O2/c1-3-8-13(2)11(14)9-15-10-4-6-12-7-5-10/h3,10,12H,1,4-9H2,2H3. The van der Waals surface area contributed by atoms with Crippen LogP contribution in [0.1, 0.15) is 12.8 Å².